The second-order valence-electron chi connectivity index (χ2n) is 5.19. The molecule has 0 spiro atoms. The summed E-state index contributed by atoms with van der Waals surface area (Å²) in [5, 5.41) is 9.51. The van der Waals surface area contributed by atoms with E-state index < -0.39 is 0 Å². The van der Waals surface area contributed by atoms with Crippen molar-refractivity contribution in [1.82, 2.24) is 4.90 Å². The Bertz CT molecular complexity index is 377. The highest BCUT2D eigenvalue weighted by molar-refractivity contribution is 5.55. The number of nitrogens with zero attached hydrogens (tertiary/aromatic N) is 2. The monoisotopic (exact) mass is 250 g/mol. The Hall–Kier alpha value is -1.06. The molecule has 0 heterocycles. The molecule has 1 unspecified atom stereocenters. The van der Waals surface area contributed by atoms with Gasteiger partial charge in [0.05, 0.1) is 6.61 Å². The van der Waals surface area contributed by atoms with E-state index in [0.29, 0.717) is 6.04 Å². The molecule has 0 amide bonds. The predicted molar refractivity (Wildman–Crippen MR) is 78.1 cm³/mol. The fraction of sp³-hybridized carbons (Fsp3) is 0.600. The van der Waals surface area contributed by atoms with Gasteiger partial charge in [-0.05, 0) is 40.9 Å². The smallest absolute Gasteiger partial charge is 0.0702 e. The third kappa shape index (κ3) is 3.72. The Morgan fingerprint density at radius 1 is 1.28 bits per heavy atom. The minimum atomic E-state index is 0.0994. The lowest BCUT2D eigenvalue weighted by molar-refractivity contribution is 0.281. The third-order valence-electron chi connectivity index (χ3n) is 3.22. The number of aliphatic hydroxyl groups excluding tert-OH is 1. The first kappa shape index (κ1) is 15.0. The molecule has 0 fully saturated rings. The molecule has 1 atom stereocenters. The maximum Gasteiger partial charge on any atom is 0.0702 e. The molecule has 0 aliphatic rings. The standard InChI is InChI=1S/C15H26N2O/c1-6-17(13(3)10-16(4)5)15-8-7-12(2)9-14(15)11-18/h7-9,13,18H,6,10-11H2,1-5H3. The summed E-state index contributed by atoms with van der Waals surface area (Å²) in [5.74, 6) is 0. The second kappa shape index (κ2) is 6.76. The van der Waals surface area contributed by atoms with Crippen LogP contribution >= 0.6 is 0 Å². The number of likely N-dealkylation sites (N-methyl/N-ethyl adjacent to an activating group) is 2. The number of benzene rings is 1. The average Bonchev–Trinajstić information content (AvgIpc) is 2.30. The molecule has 1 aromatic rings. The normalized spacial score (nSPS) is 12.8. The first-order valence-corrected chi connectivity index (χ1v) is 6.61. The summed E-state index contributed by atoms with van der Waals surface area (Å²) in [6, 6.07) is 6.73. The van der Waals surface area contributed by atoms with E-state index in [4.69, 9.17) is 0 Å². The van der Waals surface area contributed by atoms with Crippen molar-refractivity contribution < 1.29 is 5.11 Å². The first-order valence-electron chi connectivity index (χ1n) is 6.61. The lowest BCUT2D eigenvalue weighted by Crippen LogP contribution is -2.40. The van der Waals surface area contributed by atoms with Crippen molar-refractivity contribution in [3.63, 3.8) is 0 Å². The number of aryl methyl sites for hydroxylation is 1. The minimum absolute atomic E-state index is 0.0994. The van der Waals surface area contributed by atoms with Gasteiger partial charge in [-0.1, -0.05) is 17.7 Å². The van der Waals surface area contributed by atoms with Crippen molar-refractivity contribution in [1.29, 1.82) is 0 Å². The first-order chi connectivity index (χ1) is 8.49. The van der Waals surface area contributed by atoms with E-state index in [1.54, 1.807) is 0 Å². The summed E-state index contributed by atoms with van der Waals surface area (Å²) in [4.78, 5) is 4.55. The van der Waals surface area contributed by atoms with E-state index in [9.17, 15) is 5.11 Å². The van der Waals surface area contributed by atoms with Crippen molar-refractivity contribution in [3.8, 4) is 0 Å². The molecule has 0 aliphatic heterocycles. The maximum absolute atomic E-state index is 9.51. The van der Waals surface area contributed by atoms with Gasteiger partial charge in [0.1, 0.15) is 0 Å². The van der Waals surface area contributed by atoms with Crippen LogP contribution in [0.15, 0.2) is 18.2 Å². The van der Waals surface area contributed by atoms with E-state index in [1.165, 1.54) is 5.56 Å². The SMILES string of the molecule is CCN(c1ccc(C)cc1CO)C(C)CN(C)C. The molecule has 0 saturated heterocycles. The Kier molecular flexibility index (Phi) is 5.63. The van der Waals surface area contributed by atoms with Crippen LogP contribution in [-0.4, -0.2) is 43.2 Å². The average molecular weight is 250 g/mol. The van der Waals surface area contributed by atoms with E-state index in [2.05, 4.69) is 62.9 Å². The van der Waals surface area contributed by atoms with Crippen molar-refractivity contribution in [2.24, 2.45) is 0 Å². The number of aliphatic hydroxyl groups is 1. The van der Waals surface area contributed by atoms with Gasteiger partial charge in [0, 0.05) is 30.4 Å². The molecule has 0 bridgehead atoms. The maximum atomic E-state index is 9.51. The van der Waals surface area contributed by atoms with Gasteiger partial charge in [0.15, 0.2) is 0 Å². The van der Waals surface area contributed by atoms with Gasteiger partial charge >= 0.3 is 0 Å². The van der Waals surface area contributed by atoms with Crippen molar-refractivity contribution >= 4 is 5.69 Å². The fourth-order valence-electron chi connectivity index (χ4n) is 2.47. The van der Waals surface area contributed by atoms with E-state index in [-0.39, 0.29) is 6.61 Å². The highest BCUT2D eigenvalue weighted by Gasteiger charge is 2.16. The Balaban J connectivity index is 3.00. The lowest BCUT2D eigenvalue weighted by atomic mass is 10.1. The molecule has 0 radical (unpaired) electrons. The number of rotatable bonds is 6. The van der Waals surface area contributed by atoms with Crippen LogP contribution in [0.2, 0.25) is 0 Å². The van der Waals surface area contributed by atoms with Gasteiger partial charge < -0.3 is 14.9 Å². The molecule has 18 heavy (non-hydrogen) atoms. The zero-order valence-electron chi connectivity index (χ0n) is 12.3. The summed E-state index contributed by atoms with van der Waals surface area (Å²) in [6.45, 7) is 8.50. The molecule has 0 aromatic heterocycles. The van der Waals surface area contributed by atoms with Crippen LogP contribution in [0.4, 0.5) is 5.69 Å². The van der Waals surface area contributed by atoms with Crippen molar-refractivity contribution in [3.05, 3.63) is 29.3 Å². The zero-order chi connectivity index (χ0) is 13.7. The van der Waals surface area contributed by atoms with Crippen LogP contribution < -0.4 is 4.90 Å². The summed E-state index contributed by atoms with van der Waals surface area (Å²) >= 11 is 0. The topological polar surface area (TPSA) is 26.7 Å². The van der Waals surface area contributed by atoms with Gasteiger partial charge in [0.2, 0.25) is 0 Å². The van der Waals surface area contributed by atoms with Crippen LogP contribution in [0, 0.1) is 6.92 Å². The molecule has 1 rings (SSSR count). The number of hydrogen-bond donors (Lipinski definition) is 1. The molecule has 1 N–H and O–H groups in total. The van der Waals surface area contributed by atoms with Crippen LogP contribution in [0.25, 0.3) is 0 Å². The molecule has 3 nitrogen and oxygen atoms in total. The van der Waals surface area contributed by atoms with Crippen molar-refractivity contribution in [2.75, 3.05) is 32.1 Å². The third-order valence-corrected chi connectivity index (χ3v) is 3.22. The largest absolute Gasteiger partial charge is 0.392 e. The van der Waals surface area contributed by atoms with E-state index >= 15 is 0 Å². The van der Waals surface area contributed by atoms with Crippen molar-refractivity contribution in [2.45, 2.75) is 33.4 Å². The van der Waals surface area contributed by atoms with Gasteiger partial charge in [-0.3, -0.25) is 0 Å². The van der Waals surface area contributed by atoms with Crippen LogP contribution in [0.5, 0.6) is 0 Å². The summed E-state index contributed by atoms with van der Waals surface area (Å²) < 4.78 is 0. The molecular formula is C15H26N2O. The van der Waals surface area contributed by atoms with Gasteiger partial charge in [-0.25, -0.2) is 0 Å². The van der Waals surface area contributed by atoms with Crippen LogP contribution in [-0.2, 0) is 6.61 Å². The molecule has 0 aliphatic carbocycles. The van der Waals surface area contributed by atoms with E-state index in [0.717, 1.165) is 24.3 Å². The molecule has 0 saturated carbocycles. The molecular weight excluding hydrogens is 224 g/mol. The summed E-state index contributed by atoms with van der Waals surface area (Å²) in [7, 11) is 4.18. The highest BCUT2D eigenvalue weighted by atomic mass is 16.3. The lowest BCUT2D eigenvalue weighted by Gasteiger charge is -2.33. The number of hydrogen-bond acceptors (Lipinski definition) is 3. The molecule has 1 aromatic carbocycles. The summed E-state index contributed by atoms with van der Waals surface area (Å²) in [6.07, 6.45) is 0. The summed E-state index contributed by atoms with van der Waals surface area (Å²) in [5.41, 5.74) is 3.36. The van der Waals surface area contributed by atoms with Crippen LogP contribution in [0.3, 0.4) is 0 Å². The fourth-order valence-corrected chi connectivity index (χ4v) is 2.47. The molecule has 102 valence electrons. The van der Waals surface area contributed by atoms with E-state index in [1.807, 2.05) is 0 Å². The zero-order valence-corrected chi connectivity index (χ0v) is 12.3. The van der Waals surface area contributed by atoms with Gasteiger partial charge in [-0.2, -0.15) is 0 Å². The Labute approximate surface area is 111 Å². The Morgan fingerprint density at radius 3 is 2.44 bits per heavy atom. The number of anilines is 1. The predicted octanol–water partition coefficient (Wildman–Crippen LogP) is 2.26. The minimum Gasteiger partial charge on any atom is -0.392 e. The molecule has 3 heteroatoms. The Morgan fingerprint density at radius 2 is 1.94 bits per heavy atom. The van der Waals surface area contributed by atoms with Gasteiger partial charge in [0.25, 0.3) is 0 Å². The van der Waals surface area contributed by atoms with Gasteiger partial charge in [-0.15, -0.1) is 0 Å². The second-order valence-corrected chi connectivity index (χ2v) is 5.19. The van der Waals surface area contributed by atoms with Crippen LogP contribution in [0.1, 0.15) is 25.0 Å². The quantitative estimate of drug-likeness (QED) is 0.839. The highest BCUT2D eigenvalue weighted by Crippen LogP contribution is 2.24.